The molecule has 0 radical (unpaired) electrons. The van der Waals surface area contributed by atoms with Gasteiger partial charge in [-0.2, -0.15) is 0 Å². The van der Waals surface area contributed by atoms with Crippen LogP contribution in [0.15, 0.2) is 18.2 Å². The summed E-state index contributed by atoms with van der Waals surface area (Å²) < 4.78 is 9.93. The number of hydrogen-bond donors (Lipinski definition) is 1. The molecule has 1 amide bonds. The topological polar surface area (TPSA) is 81.9 Å². The Kier molecular flexibility index (Phi) is 5.17. The van der Waals surface area contributed by atoms with Crippen LogP contribution in [0.4, 0.5) is 5.69 Å². The van der Waals surface area contributed by atoms with E-state index >= 15 is 0 Å². The Morgan fingerprint density at radius 3 is 2.63 bits per heavy atom. The second-order valence-electron chi connectivity index (χ2n) is 3.94. The highest BCUT2D eigenvalue weighted by molar-refractivity contribution is 5.96. The molecule has 0 aliphatic carbocycles. The van der Waals surface area contributed by atoms with Gasteiger partial charge in [-0.05, 0) is 25.1 Å². The third-order valence-electron chi connectivity index (χ3n) is 2.71. The van der Waals surface area contributed by atoms with E-state index in [1.165, 1.54) is 18.1 Å². The smallest absolute Gasteiger partial charge is 0.340 e. The maximum absolute atomic E-state index is 11.8. The van der Waals surface area contributed by atoms with E-state index in [-0.39, 0.29) is 23.8 Å². The SMILES string of the molecule is CCN(C)C(=O)COC(=O)c1cc(OC)ccc1N. The van der Waals surface area contributed by atoms with Crippen molar-refractivity contribution in [2.75, 3.05) is 33.0 Å². The normalized spacial score (nSPS) is 9.84. The Hall–Kier alpha value is -2.24. The minimum absolute atomic E-state index is 0.186. The molecule has 0 aliphatic heterocycles. The number of ether oxygens (including phenoxy) is 2. The lowest BCUT2D eigenvalue weighted by Gasteiger charge is -2.14. The first-order valence-electron chi connectivity index (χ1n) is 5.84. The van der Waals surface area contributed by atoms with E-state index in [0.717, 1.165) is 0 Å². The van der Waals surface area contributed by atoms with Crippen molar-refractivity contribution in [2.24, 2.45) is 0 Å². The maximum atomic E-state index is 11.8. The largest absolute Gasteiger partial charge is 0.497 e. The monoisotopic (exact) mass is 266 g/mol. The molecule has 6 heteroatoms. The first kappa shape index (κ1) is 14.8. The fraction of sp³-hybridized carbons (Fsp3) is 0.385. The molecule has 6 nitrogen and oxygen atoms in total. The van der Waals surface area contributed by atoms with Gasteiger partial charge in [0.15, 0.2) is 6.61 Å². The number of anilines is 1. The van der Waals surface area contributed by atoms with Crippen LogP contribution < -0.4 is 10.5 Å². The Morgan fingerprint density at radius 1 is 1.37 bits per heavy atom. The third-order valence-corrected chi connectivity index (χ3v) is 2.71. The van der Waals surface area contributed by atoms with E-state index in [1.54, 1.807) is 19.2 Å². The molecular weight excluding hydrogens is 248 g/mol. The first-order valence-corrected chi connectivity index (χ1v) is 5.84. The van der Waals surface area contributed by atoms with Gasteiger partial charge in [0, 0.05) is 19.3 Å². The van der Waals surface area contributed by atoms with Crippen LogP contribution >= 0.6 is 0 Å². The Labute approximate surface area is 112 Å². The third kappa shape index (κ3) is 3.87. The molecule has 0 saturated carbocycles. The summed E-state index contributed by atoms with van der Waals surface area (Å²) in [5, 5.41) is 0. The van der Waals surface area contributed by atoms with Crippen molar-refractivity contribution >= 4 is 17.6 Å². The van der Waals surface area contributed by atoms with Crippen LogP contribution in [0.1, 0.15) is 17.3 Å². The molecule has 0 aliphatic rings. The summed E-state index contributed by atoms with van der Waals surface area (Å²) in [5.74, 6) is -0.412. The van der Waals surface area contributed by atoms with Crippen molar-refractivity contribution in [1.82, 2.24) is 4.90 Å². The number of nitrogen functional groups attached to an aromatic ring is 1. The van der Waals surface area contributed by atoms with Crippen LogP contribution in [0.3, 0.4) is 0 Å². The molecule has 1 rings (SSSR count). The van der Waals surface area contributed by atoms with Crippen molar-refractivity contribution in [3.8, 4) is 5.75 Å². The average molecular weight is 266 g/mol. The van der Waals surface area contributed by atoms with E-state index in [4.69, 9.17) is 15.2 Å². The second-order valence-corrected chi connectivity index (χ2v) is 3.94. The summed E-state index contributed by atoms with van der Waals surface area (Å²) in [6, 6.07) is 4.67. The molecule has 19 heavy (non-hydrogen) atoms. The van der Waals surface area contributed by atoms with Crippen LogP contribution in [0, 0.1) is 0 Å². The standard InChI is InChI=1S/C13H18N2O4/c1-4-15(2)12(16)8-19-13(17)10-7-9(18-3)5-6-11(10)14/h5-7H,4,8,14H2,1-3H3. The number of nitrogens with zero attached hydrogens (tertiary/aromatic N) is 1. The summed E-state index contributed by atoms with van der Waals surface area (Å²) in [6.45, 7) is 2.08. The number of hydrogen-bond acceptors (Lipinski definition) is 5. The minimum Gasteiger partial charge on any atom is -0.497 e. The molecule has 0 saturated heterocycles. The zero-order chi connectivity index (χ0) is 14.4. The number of methoxy groups -OCH3 is 1. The van der Waals surface area contributed by atoms with Crippen LogP contribution in [-0.4, -0.2) is 44.1 Å². The zero-order valence-electron chi connectivity index (χ0n) is 11.3. The lowest BCUT2D eigenvalue weighted by molar-refractivity contribution is -0.133. The van der Waals surface area contributed by atoms with Crippen LogP contribution in [0.25, 0.3) is 0 Å². The van der Waals surface area contributed by atoms with E-state index in [1.807, 2.05) is 6.92 Å². The summed E-state index contributed by atoms with van der Waals surface area (Å²) >= 11 is 0. The fourth-order valence-corrected chi connectivity index (χ4v) is 1.33. The van der Waals surface area contributed by atoms with Gasteiger partial charge in [-0.25, -0.2) is 4.79 Å². The number of rotatable bonds is 5. The van der Waals surface area contributed by atoms with Gasteiger partial charge in [0.1, 0.15) is 5.75 Å². The second kappa shape index (κ2) is 6.63. The lowest BCUT2D eigenvalue weighted by Crippen LogP contribution is -2.31. The quantitative estimate of drug-likeness (QED) is 0.633. The molecule has 0 unspecified atom stereocenters. The molecule has 0 spiro atoms. The van der Waals surface area contributed by atoms with E-state index in [9.17, 15) is 9.59 Å². The predicted octanol–water partition coefficient (Wildman–Crippen LogP) is 0.912. The Morgan fingerprint density at radius 2 is 2.05 bits per heavy atom. The average Bonchev–Trinajstić information content (AvgIpc) is 2.43. The first-order chi connectivity index (χ1) is 8.99. The number of esters is 1. The van der Waals surface area contributed by atoms with Crippen molar-refractivity contribution < 1.29 is 19.1 Å². The van der Waals surface area contributed by atoms with E-state index in [0.29, 0.717) is 12.3 Å². The van der Waals surface area contributed by atoms with Gasteiger partial charge < -0.3 is 20.1 Å². The predicted molar refractivity (Wildman–Crippen MR) is 71.0 cm³/mol. The van der Waals surface area contributed by atoms with Gasteiger partial charge in [0.25, 0.3) is 5.91 Å². The highest BCUT2D eigenvalue weighted by Gasteiger charge is 2.15. The molecule has 104 valence electrons. The molecule has 0 fully saturated rings. The van der Waals surface area contributed by atoms with Crippen LogP contribution in [0.5, 0.6) is 5.75 Å². The molecule has 0 aromatic heterocycles. The molecule has 1 aromatic carbocycles. The summed E-state index contributed by atoms with van der Waals surface area (Å²) in [6.07, 6.45) is 0. The fourth-order valence-electron chi connectivity index (χ4n) is 1.33. The maximum Gasteiger partial charge on any atom is 0.340 e. The van der Waals surface area contributed by atoms with Gasteiger partial charge in [0.05, 0.1) is 12.7 Å². The lowest BCUT2D eigenvalue weighted by atomic mass is 10.2. The molecule has 2 N–H and O–H groups in total. The molecule has 0 atom stereocenters. The van der Waals surface area contributed by atoms with Crippen molar-refractivity contribution in [3.05, 3.63) is 23.8 Å². The molecule has 1 aromatic rings. The minimum atomic E-state index is -0.644. The van der Waals surface area contributed by atoms with Crippen molar-refractivity contribution in [2.45, 2.75) is 6.92 Å². The summed E-state index contributed by atoms with van der Waals surface area (Å²) in [7, 11) is 3.12. The van der Waals surface area contributed by atoms with Gasteiger partial charge in [-0.15, -0.1) is 0 Å². The molecular formula is C13H18N2O4. The van der Waals surface area contributed by atoms with E-state index < -0.39 is 5.97 Å². The Balaban J connectivity index is 2.71. The highest BCUT2D eigenvalue weighted by atomic mass is 16.5. The van der Waals surface area contributed by atoms with Crippen molar-refractivity contribution in [1.29, 1.82) is 0 Å². The zero-order valence-corrected chi connectivity index (χ0v) is 11.3. The summed E-state index contributed by atoms with van der Waals surface area (Å²) in [4.78, 5) is 24.8. The number of likely N-dealkylation sites (N-methyl/N-ethyl adjacent to an activating group) is 1. The van der Waals surface area contributed by atoms with Gasteiger partial charge in [-0.1, -0.05) is 0 Å². The van der Waals surface area contributed by atoms with Crippen molar-refractivity contribution in [3.63, 3.8) is 0 Å². The van der Waals surface area contributed by atoms with Crippen LogP contribution in [0.2, 0.25) is 0 Å². The number of nitrogens with two attached hydrogens (primary N) is 1. The van der Waals surface area contributed by atoms with Crippen LogP contribution in [-0.2, 0) is 9.53 Å². The van der Waals surface area contributed by atoms with Gasteiger partial charge in [-0.3, -0.25) is 4.79 Å². The number of carbonyl (C=O) groups is 2. The van der Waals surface area contributed by atoms with Gasteiger partial charge >= 0.3 is 5.97 Å². The number of amides is 1. The highest BCUT2D eigenvalue weighted by Crippen LogP contribution is 2.20. The number of carbonyl (C=O) groups excluding carboxylic acids is 2. The molecule has 0 bridgehead atoms. The van der Waals surface area contributed by atoms with E-state index in [2.05, 4.69) is 0 Å². The molecule has 0 heterocycles. The summed E-state index contributed by atoms with van der Waals surface area (Å²) in [5.41, 5.74) is 6.15. The Bertz CT molecular complexity index is 474. The van der Waals surface area contributed by atoms with Gasteiger partial charge in [0.2, 0.25) is 0 Å². The number of benzene rings is 1.